The van der Waals surface area contributed by atoms with E-state index in [1.807, 2.05) is 37.7 Å². The first-order valence-electron chi connectivity index (χ1n) is 6.97. The second-order valence-corrected chi connectivity index (χ2v) is 6.47. The molecule has 0 spiro atoms. The zero-order valence-electron chi connectivity index (χ0n) is 12.9. The lowest BCUT2D eigenvalue weighted by Gasteiger charge is -2.35. The quantitative estimate of drug-likeness (QED) is 0.746. The van der Waals surface area contributed by atoms with Crippen molar-refractivity contribution < 1.29 is 13.9 Å². The van der Waals surface area contributed by atoms with Crippen LogP contribution in [0.3, 0.4) is 0 Å². The number of ether oxygens (including phenoxy) is 1. The summed E-state index contributed by atoms with van der Waals surface area (Å²) in [6, 6.07) is 0. The SMILES string of the molecule is C[C@@H]1CN(C(=O)CSc2nnc(CN(C)C)o2)C[C@@H](C)O1. The maximum absolute atomic E-state index is 12.2. The minimum atomic E-state index is 0.0781. The van der Waals surface area contributed by atoms with Gasteiger partial charge in [0.05, 0.1) is 24.5 Å². The molecule has 7 nitrogen and oxygen atoms in total. The second-order valence-electron chi connectivity index (χ2n) is 5.54. The van der Waals surface area contributed by atoms with Gasteiger partial charge in [-0.15, -0.1) is 10.2 Å². The van der Waals surface area contributed by atoms with Crippen LogP contribution in [0.2, 0.25) is 0 Å². The molecule has 1 saturated heterocycles. The van der Waals surface area contributed by atoms with Crippen molar-refractivity contribution >= 4 is 17.7 Å². The van der Waals surface area contributed by atoms with Gasteiger partial charge in [0.15, 0.2) is 0 Å². The molecule has 2 heterocycles. The normalized spacial score (nSPS) is 22.8. The number of carbonyl (C=O) groups excluding carboxylic acids is 1. The molecule has 2 rings (SSSR count). The van der Waals surface area contributed by atoms with Gasteiger partial charge in [0, 0.05) is 13.1 Å². The van der Waals surface area contributed by atoms with E-state index in [4.69, 9.17) is 9.15 Å². The van der Waals surface area contributed by atoms with Gasteiger partial charge in [-0.05, 0) is 27.9 Å². The monoisotopic (exact) mass is 314 g/mol. The Kier molecular flexibility index (Phi) is 5.60. The molecule has 0 radical (unpaired) electrons. The number of nitrogens with zero attached hydrogens (tertiary/aromatic N) is 4. The largest absolute Gasteiger partial charge is 0.415 e. The molecule has 0 bridgehead atoms. The van der Waals surface area contributed by atoms with Crippen molar-refractivity contribution in [1.82, 2.24) is 20.0 Å². The lowest BCUT2D eigenvalue weighted by molar-refractivity contribution is -0.140. The van der Waals surface area contributed by atoms with Crippen molar-refractivity contribution in [3.8, 4) is 0 Å². The summed E-state index contributed by atoms with van der Waals surface area (Å²) in [5.74, 6) is 0.946. The molecule has 118 valence electrons. The molecular formula is C13H22N4O3S. The zero-order valence-corrected chi connectivity index (χ0v) is 13.7. The van der Waals surface area contributed by atoms with Gasteiger partial charge in [-0.2, -0.15) is 0 Å². The first kappa shape index (κ1) is 16.3. The first-order chi connectivity index (χ1) is 9.94. The highest BCUT2D eigenvalue weighted by Crippen LogP contribution is 2.18. The Bertz CT molecular complexity index is 470. The van der Waals surface area contributed by atoms with Crippen LogP contribution < -0.4 is 0 Å². The lowest BCUT2D eigenvalue weighted by atomic mass is 10.2. The topological polar surface area (TPSA) is 71.7 Å². The fourth-order valence-electron chi connectivity index (χ4n) is 2.23. The predicted octanol–water partition coefficient (Wildman–Crippen LogP) is 0.859. The Labute approximate surface area is 129 Å². The van der Waals surface area contributed by atoms with Crippen LogP contribution in [0, 0.1) is 0 Å². The highest BCUT2D eigenvalue weighted by molar-refractivity contribution is 7.99. The lowest BCUT2D eigenvalue weighted by Crippen LogP contribution is -2.48. The van der Waals surface area contributed by atoms with E-state index in [0.29, 0.717) is 36.5 Å². The summed E-state index contributed by atoms with van der Waals surface area (Å²) < 4.78 is 11.1. The third kappa shape index (κ3) is 4.98. The van der Waals surface area contributed by atoms with Gasteiger partial charge in [0.2, 0.25) is 11.8 Å². The van der Waals surface area contributed by atoms with E-state index in [9.17, 15) is 4.79 Å². The Morgan fingerprint density at radius 2 is 2.00 bits per heavy atom. The summed E-state index contributed by atoms with van der Waals surface area (Å²) >= 11 is 1.28. The van der Waals surface area contributed by atoms with Gasteiger partial charge in [-0.3, -0.25) is 4.79 Å². The zero-order chi connectivity index (χ0) is 15.4. The summed E-state index contributed by atoms with van der Waals surface area (Å²) in [6.45, 7) is 5.84. The summed E-state index contributed by atoms with van der Waals surface area (Å²) in [7, 11) is 3.86. The van der Waals surface area contributed by atoms with Gasteiger partial charge in [-0.25, -0.2) is 0 Å². The Morgan fingerprint density at radius 1 is 1.33 bits per heavy atom. The summed E-state index contributed by atoms with van der Waals surface area (Å²) in [5, 5.41) is 8.33. The van der Waals surface area contributed by atoms with Crippen LogP contribution in [0.5, 0.6) is 0 Å². The predicted molar refractivity (Wildman–Crippen MR) is 79.0 cm³/mol. The molecule has 1 aromatic heterocycles. The van der Waals surface area contributed by atoms with Crippen molar-refractivity contribution in [2.75, 3.05) is 32.9 Å². The number of aromatic nitrogens is 2. The van der Waals surface area contributed by atoms with Crippen molar-refractivity contribution in [3.05, 3.63) is 5.89 Å². The van der Waals surface area contributed by atoms with Crippen LogP contribution in [0.15, 0.2) is 9.64 Å². The number of amides is 1. The Hall–Kier alpha value is -1.12. The molecule has 0 N–H and O–H groups in total. The third-order valence-corrected chi connectivity index (χ3v) is 3.79. The molecule has 1 amide bonds. The first-order valence-corrected chi connectivity index (χ1v) is 7.95. The van der Waals surface area contributed by atoms with Crippen molar-refractivity contribution in [3.63, 3.8) is 0 Å². The van der Waals surface area contributed by atoms with E-state index in [0.717, 1.165) is 0 Å². The van der Waals surface area contributed by atoms with Crippen LogP contribution in [0.25, 0.3) is 0 Å². The van der Waals surface area contributed by atoms with E-state index in [-0.39, 0.29) is 18.1 Å². The van der Waals surface area contributed by atoms with E-state index < -0.39 is 0 Å². The number of carbonyl (C=O) groups is 1. The van der Waals surface area contributed by atoms with Crippen LogP contribution in [0.1, 0.15) is 19.7 Å². The fourth-order valence-corrected chi connectivity index (χ4v) is 2.91. The molecule has 21 heavy (non-hydrogen) atoms. The molecular weight excluding hydrogens is 292 g/mol. The van der Waals surface area contributed by atoms with Crippen molar-refractivity contribution in [1.29, 1.82) is 0 Å². The van der Waals surface area contributed by atoms with E-state index >= 15 is 0 Å². The average molecular weight is 314 g/mol. The standard InChI is InChI=1S/C13H22N4O3S/c1-9-5-17(6-10(2)19-9)12(18)8-21-13-15-14-11(20-13)7-16(3)4/h9-10H,5-8H2,1-4H3/t9-,10-/m1/s1. The van der Waals surface area contributed by atoms with Crippen LogP contribution in [0.4, 0.5) is 0 Å². The smallest absolute Gasteiger partial charge is 0.277 e. The number of thioether (sulfide) groups is 1. The maximum Gasteiger partial charge on any atom is 0.277 e. The van der Waals surface area contributed by atoms with Crippen molar-refractivity contribution in [2.45, 2.75) is 37.8 Å². The summed E-state index contributed by atoms with van der Waals surface area (Å²) in [6.07, 6.45) is 0.163. The Balaban J connectivity index is 1.82. The van der Waals surface area contributed by atoms with Gasteiger partial charge < -0.3 is 19.0 Å². The average Bonchev–Trinajstić information content (AvgIpc) is 2.81. The molecule has 1 aromatic rings. The fraction of sp³-hybridized carbons (Fsp3) is 0.769. The minimum absolute atomic E-state index is 0.0781. The van der Waals surface area contributed by atoms with E-state index in [2.05, 4.69) is 10.2 Å². The van der Waals surface area contributed by atoms with Gasteiger partial charge in [-0.1, -0.05) is 11.8 Å². The summed E-state index contributed by atoms with van der Waals surface area (Å²) in [4.78, 5) is 16.0. The third-order valence-electron chi connectivity index (χ3n) is 2.99. The molecule has 0 unspecified atom stereocenters. The minimum Gasteiger partial charge on any atom is -0.415 e. The highest BCUT2D eigenvalue weighted by atomic mass is 32.2. The molecule has 8 heteroatoms. The number of hydrogen-bond donors (Lipinski definition) is 0. The summed E-state index contributed by atoms with van der Waals surface area (Å²) in [5.41, 5.74) is 0. The molecule has 1 fully saturated rings. The van der Waals surface area contributed by atoms with E-state index in [1.165, 1.54) is 11.8 Å². The van der Waals surface area contributed by atoms with Crippen LogP contribution in [-0.4, -0.2) is 71.1 Å². The van der Waals surface area contributed by atoms with Crippen molar-refractivity contribution in [2.24, 2.45) is 0 Å². The molecule has 0 saturated carbocycles. The molecule has 1 aliphatic heterocycles. The van der Waals surface area contributed by atoms with Gasteiger partial charge in [0.1, 0.15) is 0 Å². The maximum atomic E-state index is 12.2. The highest BCUT2D eigenvalue weighted by Gasteiger charge is 2.26. The molecule has 0 aliphatic carbocycles. The molecule has 1 aliphatic rings. The number of rotatable bonds is 5. The van der Waals surface area contributed by atoms with Gasteiger partial charge >= 0.3 is 0 Å². The Morgan fingerprint density at radius 3 is 2.62 bits per heavy atom. The number of hydrogen-bond acceptors (Lipinski definition) is 7. The van der Waals surface area contributed by atoms with E-state index in [1.54, 1.807) is 0 Å². The van der Waals surface area contributed by atoms with Crippen LogP contribution >= 0.6 is 11.8 Å². The van der Waals surface area contributed by atoms with Gasteiger partial charge in [0.25, 0.3) is 5.22 Å². The number of morpholine rings is 1. The van der Waals surface area contributed by atoms with Crippen LogP contribution in [-0.2, 0) is 16.1 Å². The molecule has 0 aromatic carbocycles. The molecule has 2 atom stereocenters. The second kappa shape index (κ2) is 7.24.